The molecule has 2 atom stereocenters. The summed E-state index contributed by atoms with van der Waals surface area (Å²) in [4.78, 5) is 11.7. The first-order valence-corrected chi connectivity index (χ1v) is 7.79. The zero-order chi connectivity index (χ0) is 15.5. The van der Waals surface area contributed by atoms with Crippen LogP contribution in [0.2, 0.25) is 0 Å². The molecule has 2 unspecified atom stereocenters. The first kappa shape index (κ1) is 13.5. The van der Waals surface area contributed by atoms with Crippen molar-refractivity contribution < 1.29 is 9.90 Å². The molecule has 2 aromatic carbocycles. The molecule has 0 spiro atoms. The summed E-state index contributed by atoms with van der Waals surface area (Å²) in [6, 6.07) is 14.9. The number of nitrogens with zero attached hydrogens (tertiary/aromatic N) is 1. The zero-order valence-electron chi connectivity index (χ0n) is 12.9. The maximum atomic E-state index is 11.7. The number of quaternary nitrogens is 1. The molecule has 0 fully saturated rings. The number of benzene rings is 2. The smallest absolute Gasteiger partial charge is 0.435 e. The molecular weight excluding hydrogens is 274 g/mol. The highest BCUT2D eigenvalue weighted by molar-refractivity contribution is 5.82. The number of hydrogen-bond donors (Lipinski definition) is 1. The minimum Gasteiger partial charge on any atom is -0.435 e. The van der Waals surface area contributed by atoms with Gasteiger partial charge in [0, 0.05) is 17.5 Å². The predicted octanol–water partition coefficient (Wildman–Crippen LogP) is 4.11. The third-order valence-electron chi connectivity index (χ3n) is 5.40. The number of amides is 1. The van der Waals surface area contributed by atoms with Gasteiger partial charge in [-0.05, 0) is 35.4 Å². The van der Waals surface area contributed by atoms with E-state index in [4.69, 9.17) is 0 Å². The summed E-state index contributed by atoms with van der Waals surface area (Å²) in [5.74, 6) is 0.876. The molecule has 3 nitrogen and oxygen atoms in total. The van der Waals surface area contributed by atoms with Crippen molar-refractivity contribution in [3.63, 3.8) is 0 Å². The molecule has 2 aliphatic rings. The van der Waals surface area contributed by atoms with Crippen LogP contribution in [-0.4, -0.2) is 25.3 Å². The summed E-state index contributed by atoms with van der Waals surface area (Å²) in [5.41, 5.74) is 6.39. The van der Waals surface area contributed by atoms with Crippen molar-refractivity contribution in [2.75, 3.05) is 14.1 Å². The summed E-state index contributed by atoms with van der Waals surface area (Å²) in [6.07, 6.45) is 1.33. The Hall–Kier alpha value is -2.13. The van der Waals surface area contributed by atoms with Gasteiger partial charge in [0.25, 0.3) is 0 Å². The van der Waals surface area contributed by atoms with Crippen molar-refractivity contribution in [2.24, 2.45) is 0 Å². The van der Waals surface area contributed by atoms with E-state index in [0.29, 0.717) is 11.8 Å². The summed E-state index contributed by atoms with van der Waals surface area (Å²) >= 11 is 0. The van der Waals surface area contributed by atoms with E-state index in [1.54, 1.807) is 14.1 Å². The molecule has 22 heavy (non-hydrogen) atoms. The largest absolute Gasteiger partial charge is 0.518 e. The molecule has 4 rings (SSSR count). The van der Waals surface area contributed by atoms with Crippen LogP contribution in [0.25, 0.3) is 0 Å². The van der Waals surface area contributed by atoms with E-state index < -0.39 is 6.09 Å². The molecule has 3 heteroatoms. The normalized spacial score (nSPS) is 22.1. The molecule has 0 aliphatic heterocycles. The highest BCUT2D eigenvalue weighted by Gasteiger charge is 2.43. The lowest BCUT2D eigenvalue weighted by molar-refractivity contribution is 0.165. The van der Waals surface area contributed by atoms with E-state index in [9.17, 15) is 9.90 Å². The number of carboxylic acid groups (broad SMARTS) is 1. The van der Waals surface area contributed by atoms with Gasteiger partial charge >= 0.3 is 6.09 Å². The highest BCUT2D eigenvalue weighted by atomic mass is 16.4. The Morgan fingerprint density at radius 2 is 1.82 bits per heavy atom. The minimum atomic E-state index is -0.813. The number of carbonyl (C=O) groups is 1. The molecule has 0 heterocycles. The van der Waals surface area contributed by atoms with Crippen molar-refractivity contribution in [3.05, 3.63) is 64.7 Å². The molecule has 0 aromatic heterocycles. The standard InChI is InChI=1S/C19H19NO2/c1-20(2,19(21)22)17-9-5-8-15-16-11-13(18(15)17)10-12-6-3-4-7-14(12)16/h3-9,13,16H,10-11H2,1-2H3/p+1. The summed E-state index contributed by atoms with van der Waals surface area (Å²) in [5, 5.41) is 9.61. The Morgan fingerprint density at radius 1 is 1.09 bits per heavy atom. The van der Waals surface area contributed by atoms with E-state index in [1.165, 1.54) is 22.3 Å². The maximum absolute atomic E-state index is 11.7. The van der Waals surface area contributed by atoms with Crippen LogP contribution in [-0.2, 0) is 6.42 Å². The van der Waals surface area contributed by atoms with Crippen LogP contribution in [0.4, 0.5) is 10.5 Å². The van der Waals surface area contributed by atoms with Crippen LogP contribution in [0.15, 0.2) is 42.5 Å². The van der Waals surface area contributed by atoms with Crippen LogP contribution in [0, 0.1) is 0 Å². The predicted molar refractivity (Wildman–Crippen MR) is 87.5 cm³/mol. The highest BCUT2D eigenvalue weighted by Crippen LogP contribution is 2.54. The average molecular weight is 294 g/mol. The Bertz CT molecular complexity index is 779. The van der Waals surface area contributed by atoms with Gasteiger partial charge in [0.05, 0.1) is 14.1 Å². The van der Waals surface area contributed by atoms with Gasteiger partial charge in [0.2, 0.25) is 0 Å². The third kappa shape index (κ3) is 1.69. The lowest BCUT2D eigenvalue weighted by Crippen LogP contribution is -2.46. The number of rotatable bonds is 1. The van der Waals surface area contributed by atoms with Gasteiger partial charge in [-0.1, -0.05) is 36.4 Å². The third-order valence-corrected chi connectivity index (χ3v) is 5.40. The fourth-order valence-electron chi connectivity index (χ4n) is 4.24. The Labute approximate surface area is 130 Å². The van der Waals surface area contributed by atoms with Crippen molar-refractivity contribution in [3.8, 4) is 0 Å². The Kier molecular flexibility index (Phi) is 2.73. The lowest BCUT2D eigenvalue weighted by atomic mass is 9.81. The first-order chi connectivity index (χ1) is 10.5. The summed E-state index contributed by atoms with van der Waals surface area (Å²) in [6.45, 7) is 0. The zero-order valence-corrected chi connectivity index (χ0v) is 12.9. The molecular formula is C19H20NO2+. The molecule has 112 valence electrons. The van der Waals surface area contributed by atoms with E-state index in [0.717, 1.165) is 18.5 Å². The molecule has 0 saturated heterocycles. The molecule has 2 aromatic rings. The molecule has 1 N–H and O–H groups in total. The maximum Gasteiger partial charge on any atom is 0.518 e. The monoisotopic (exact) mass is 294 g/mol. The van der Waals surface area contributed by atoms with Gasteiger partial charge in [-0.2, -0.15) is 9.28 Å². The topological polar surface area (TPSA) is 37.3 Å². The van der Waals surface area contributed by atoms with Crippen LogP contribution >= 0.6 is 0 Å². The van der Waals surface area contributed by atoms with Gasteiger partial charge in [-0.15, -0.1) is 0 Å². The van der Waals surface area contributed by atoms with Crippen LogP contribution in [0.1, 0.15) is 40.5 Å². The van der Waals surface area contributed by atoms with Gasteiger partial charge in [-0.3, -0.25) is 0 Å². The van der Waals surface area contributed by atoms with E-state index >= 15 is 0 Å². The molecule has 2 bridgehead atoms. The molecule has 2 aliphatic carbocycles. The fourth-order valence-corrected chi connectivity index (χ4v) is 4.24. The second kappa shape index (κ2) is 4.43. The molecule has 1 amide bonds. The van der Waals surface area contributed by atoms with E-state index in [-0.39, 0.29) is 4.48 Å². The van der Waals surface area contributed by atoms with Crippen molar-refractivity contribution in [1.82, 2.24) is 4.48 Å². The minimum absolute atomic E-state index is 0.108. The van der Waals surface area contributed by atoms with Crippen molar-refractivity contribution >= 4 is 11.8 Å². The lowest BCUT2D eigenvalue weighted by Gasteiger charge is -2.26. The van der Waals surface area contributed by atoms with Gasteiger partial charge < -0.3 is 5.11 Å². The van der Waals surface area contributed by atoms with Gasteiger partial charge in [0.1, 0.15) is 5.69 Å². The second-order valence-corrected chi connectivity index (χ2v) is 6.90. The molecule has 0 radical (unpaired) electrons. The average Bonchev–Trinajstić information content (AvgIpc) is 2.81. The van der Waals surface area contributed by atoms with E-state index in [2.05, 4.69) is 30.3 Å². The second-order valence-electron chi connectivity index (χ2n) is 6.90. The van der Waals surface area contributed by atoms with Gasteiger partial charge in [0.15, 0.2) is 0 Å². The van der Waals surface area contributed by atoms with E-state index in [1.807, 2.05) is 12.1 Å². The SMILES string of the molecule is C[N+](C)(C(=O)O)c1cccc2c1C1Cc3ccccc3C2C1. The van der Waals surface area contributed by atoms with Gasteiger partial charge in [-0.25, -0.2) is 0 Å². The Balaban J connectivity index is 1.92. The van der Waals surface area contributed by atoms with Crippen molar-refractivity contribution in [2.45, 2.75) is 24.7 Å². The fraction of sp³-hybridized carbons (Fsp3) is 0.316. The number of hydrogen-bond acceptors (Lipinski definition) is 1. The van der Waals surface area contributed by atoms with Crippen LogP contribution < -0.4 is 4.48 Å². The summed E-state index contributed by atoms with van der Waals surface area (Å²) < 4.78 is -0.108. The first-order valence-electron chi connectivity index (χ1n) is 7.79. The molecule has 0 saturated carbocycles. The Morgan fingerprint density at radius 3 is 2.59 bits per heavy atom. The quantitative estimate of drug-likeness (QED) is 0.804. The van der Waals surface area contributed by atoms with Crippen LogP contribution in [0.5, 0.6) is 0 Å². The number of fused-ring (bicyclic) bond motifs is 7. The van der Waals surface area contributed by atoms with Crippen molar-refractivity contribution in [1.29, 1.82) is 0 Å². The summed E-state index contributed by atoms with van der Waals surface area (Å²) in [7, 11) is 3.51. The van der Waals surface area contributed by atoms with Crippen LogP contribution in [0.3, 0.4) is 0 Å².